The lowest BCUT2D eigenvalue weighted by Gasteiger charge is -2.09. The van der Waals surface area contributed by atoms with Gasteiger partial charge in [-0.1, -0.05) is 41.4 Å². The van der Waals surface area contributed by atoms with Crippen LogP contribution in [0.4, 0.5) is 0 Å². The quantitative estimate of drug-likeness (QED) is 0.432. The first-order valence-electron chi connectivity index (χ1n) is 8.51. The van der Waals surface area contributed by atoms with E-state index in [0.717, 1.165) is 11.1 Å². The molecule has 0 aliphatic rings. The van der Waals surface area contributed by atoms with E-state index in [2.05, 4.69) is 10.5 Å². The van der Waals surface area contributed by atoms with Crippen molar-refractivity contribution in [3.05, 3.63) is 75.5 Å². The first kappa shape index (κ1) is 20.0. The number of hydrogen-bond acceptors (Lipinski definition) is 4. The summed E-state index contributed by atoms with van der Waals surface area (Å²) >= 11 is 12.2. The maximum Gasteiger partial charge on any atom is 0.277 e. The van der Waals surface area contributed by atoms with E-state index in [0.29, 0.717) is 32.9 Å². The molecule has 0 radical (unpaired) electrons. The molecule has 1 amide bonds. The number of furan rings is 1. The fourth-order valence-corrected chi connectivity index (χ4v) is 2.88. The number of benzene rings is 2. The van der Waals surface area contributed by atoms with Gasteiger partial charge < -0.3 is 9.15 Å². The average Bonchev–Trinajstić information content (AvgIpc) is 3.14. The molecule has 0 unspecified atom stereocenters. The number of hydrazone groups is 1. The average molecular weight is 417 g/mol. The zero-order chi connectivity index (χ0) is 20.1. The molecule has 1 N–H and O–H groups in total. The molecular formula is C21H18Cl2N2O3. The maximum atomic E-state index is 11.9. The second kappa shape index (κ2) is 8.95. The zero-order valence-corrected chi connectivity index (χ0v) is 16.8. The minimum Gasteiger partial charge on any atom is -0.483 e. The highest BCUT2D eigenvalue weighted by molar-refractivity contribution is 6.43. The van der Waals surface area contributed by atoms with Crippen LogP contribution in [0.3, 0.4) is 0 Å². The predicted octanol–water partition coefficient (Wildman–Crippen LogP) is 5.40. The van der Waals surface area contributed by atoms with Crippen LogP contribution < -0.4 is 10.2 Å². The lowest BCUT2D eigenvalue weighted by atomic mass is 10.1. The molecule has 0 saturated heterocycles. The van der Waals surface area contributed by atoms with Gasteiger partial charge in [-0.3, -0.25) is 4.79 Å². The van der Waals surface area contributed by atoms with Crippen molar-refractivity contribution in [2.24, 2.45) is 5.10 Å². The number of aryl methyl sites for hydroxylation is 1. The first-order chi connectivity index (χ1) is 13.5. The highest BCUT2D eigenvalue weighted by Crippen LogP contribution is 2.34. The molecule has 0 fully saturated rings. The number of nitrogens with zero attached hydrogens (tertiary/aromatic N) is 1. The highest BCUT2D eigenvalue weighted by Gasteiger charge is 2.10. The van der Waals surface area contributed by atoms with Crippen molar-refractivity contribution in [3.63, 3.8) is 0 Å². The van der Waals surface area contributed by atoms with Crippen LogP contribution in [0.25, 0.3) is 11.3 Å². The molecule has 28 heavy (non-hydrogen) atoms. The summed E-state index contributed by atoms with van der Waals surface area (Å²) in [6.45, 7) is 3.80. The summed E-state index contributed by atoms with van der Waals surface area (Å²) in [6.07, 6.45) is 1.40. The number of carbonyl (C=O) groups is 1. The van der Waals surface area contributed by atoms with Gasteiger partial charge in [0.2, 0.25) is 0 Å². The molecule has 0 aliphatic carbocycles. The van der Waals surface area contributed by atoms with Crippen LogP contribution in [0.5, 0.6) is 5.75 Å². The number of hydrogen-bond donors (Lipinski definition) is 1. The Bertz CT molecular complexity index is 1030. The van der Waals surface area contributed by atoms with E-state index in [9.17, 15) is 4.79 Å². The van der Waals surface area contributed by atoms with Gasteiger partial charge in [-0.15, -0.1) is 0 Å². The molecule has 0 aliphatic heterocycles. The molecular weight excluding hydrogens is 399 g/mol. The van der Waals surface area contributed by atoms with E-state index in [4.69, 9.17) is 32.4 Å². The number of nitrogens with one attached hydrogen (secondary N) is 1. The van der Waals surface area contributed by atoms with Crippen molar-refractivity contribution >= 4 is 35.3 Å². The molecule has 0 spiro atoms. The van der Waals surface area contributed by atoms with Gasteiger partial charge in [0.15, 0.2) is 6.61 Å². The SMILES string of the molecule is Cc1cccc(OCC(=O)N/N=C\c2ccc(-c3cccc(Cl)c3Cl)o2)c1C. The first-order valence-corrected chi connectivity index (χ1v) is 9.26. The molecule has 0 atom stereocenters. The van der Waals surface area contributed by atoms with Gasteiger partial charge >= 0.3 is 0 Å². The maximum absolute atomic E-state index is 11.9. The Kier molecular flexibility index (Phi) is 6.39. The van der Waals surface area contributed by atoms with E-state index in [1.165, 1.54) is 6.21 Å². The summed E-state index contributed by atoms with van der Waals surface area (Å²) in [5.41, 5.74) is 5.19. The number of carbonyl (C=O) groups excluding carboxylic acids is 1. The summed E-state index contributed by atoms with van der Waals surface area (Å²) in [4.78, 5) is 11.9. The van der Waals surface area contributed by atoms with Gasteiger partial charge in [-0.2, -0.15) is 5.10 Å². The largest absolute Gasteiger partial charge is 0.483 e. The summed E-state index contributed by atoms with van der Waals surface area (Å²) < 4.78 is 11.2. The van der Waals surface area contributed by atoms with Gasteiger partial charge in [0.25, 0.3) is 5.91 Å². The van der Waals surface area contributed by atoms with E-state index in [1.807, 2.05) is 32.0 Å². The van der Waals surface area contributed by atoms with Crippen molar-refractivity contribution in [2.45, 2.75) is 13.8 Å². The summed E-state index contributed by atoms with van der Waals surface area (Å²) in [7, 11) is 0. The molecule has 3 aromatic rings. The third-order valence-electron chi connectivity index (χ3n) is 4.14. The number of ether oxygens (including phenoxy) is 1. The standard InChI is InChI=1S/C21H18Cl2N2O3/c1-13-5-3-8-18(14(13)2)27-12-20(26)25-24-11-15-9-10-19(28-15)16-6-4-7-17(22)21(16)23/h3-11H,12H2,1-2H3,(H,25,26)/b24-11-. The third-order valence-corrected chi connectivity index (χ3v) is 4.96. The third kappa shape index (κ3) is 4.74. The fourth-order valence-electron chi connectivity index (χ4n) is 2.49. The highest BCUT2D eigenvalue weighted by atomic mass is 35.5. The van der Waals surface area contributed by atoms with Gasteiger partial charge in [0, 0.05) is 5.56 Å². The zero-order valence-electron chi connectivity index (χ0n) is 15.3. The smallest absolute Gasteiger partial charge is 0.277 e. The second-order valence-electron chi connectivity index (χ2n) is 6.08. The van der Waals surface area contributed by atoms with Gasteiger partial charge in [-0.25, -0.2) is 5.43 Å². The molecule has 0 saturated carbocycles. The van der Waals surface area contributed by atoms with Crippen LogP contribution in [0.15, 0.2) is 58.0 Å². The summed E-state index contributed by atoms with van der Waals surface area (Å²) in [5, 5.41) is 4.75. The van der Waals surface area contributed by atoms with Crippen molar-refractivity contribution in [1.29, 1.82) is 0 Å². The fraction of sp³-hybridized carbons (Fsp3) is 0.143. The Morgan fingerprint density at radius 3 is 2.75 bits per heavy atom. The number of amides is 1. The molecule has 0 bridgehead atoms. The molecule has 144 valence electrons. The molecule has 3 rings (SSSR count). The Morgan fingerprint density at radius 2 is 1.93 bits per heavy atom. The minimum atomic E-state index is -0.373. The Labute approximate surface area is 172 Å². The van der Waals surface area contributed by atoms with E-state index < -0.39 is 0 Å². The number of rotatable bonds is 6. The van der Waals surface area contributed by atoms with Gasteiger partial charge in [0.1, 0.15) is 17.3 Å². The van der Waals surface area contributed by atoms with Crippen LogP contribution in [0.2, 0.25) is 10.0 Å². The second-order valence-corrected chi connectivity index (χ2v) is 6.87. The van der Waals surface area contributed by atoms with E-state index >= 15 is 0 Å². The van der Waals surface area contributed by atoms with Gasteiger partial charge in [-0.05, 0) is 55.3 Å². The van der Waals surface area contributed by atoms with Crippen molar-refractivity contribution < 1.29 is 13.9 Å². The van der Waals surface area contributed by atoms with Crippen molar-refractivity contribution in [3.8, 4) is 17.1 Å². The Morgan fingerprint density at radius 1 is 1.14 bits per heavy atom. The number of halogens is 2. The topological polar surface area (TPSA) is 63.8 Å². The van der Waals surface area contributed by atoms with Crippen LogP contribution >= 0.6 is 23.2 Å². The Hall–Kier alpha value is -2.76. The van der Waals surface area contributed by atoms with Crippen LogP contribution in [-0.4, -0.2) is 18.7 Å². The molecule has 2 aromatic carbocycles. The van der Waals surface area contributed by atoms with E-state index in [1.54, 1.807) is 30.3 Å². The monoisotopic (exact) mass is 416 g/mol. The van der Waals surface area contributed by atoms with Crippen LogP contribution in [0, 0.1) is 13.8 Å². The molecule has 7 heteroatoms. The molecule has 1 heterocycles. The van der Waals surface area contributed by atoms with Gasteiger partial charge in [0.05, 0.1) is 16.3 Å². The summed E-state index contributed by atoms with van der Waals surface area (Å²) in [6, 6.07) is 14.5. The summed E-state index contributed by atoms with van der Waals surface area (Å²) in [5.74, 6) is 1.32. The molecule has 1 aromatic heterocycles. The molecule has 5 nitrogen and oxygen atoms in total. The van der Waals surface area contributed by atoms with Crippen molar-refractivity contribution in [2.75, 3.05) is 6.61 Å². The van der Waals surface area contributed by atoms with E-state index in [-0.39, 0.29) is 12.5 Å². The lowest BCUT2D eigenvalue weighted by molar-refractivity contribution is -0.123. The van der Waals surface area contributed by atoms with Crippen molar-refractivity contribution in [1.82, 2.24) is 5.43 Å². The lowest BCUT2D eigenvalue weighted by Crippen LogP contribution is -2.24. The van der Waals surface area contributed by atoms with Crippen LogP contribution in [-0.2, 0) is 4.79 Å². The van der Waals surface area contributed by atoms with Crippen LogP contribution in [0.1, 0.15) is 16.9 Å². The minimum absolute atomic E-state index is 0.136. The normalized spacial score (nSPS) is 11.0. The predicted molar refractivity (Wildman–Crippen MR) is 111 cm³/mol. The Balaban J connectivity index is 1.56.